The van der Waals surface area contributed by atoms with Crippen molar-refractivity contribution in [2.45, 2.75) is 55.9 Å². The fourth-order valence-corrected chi connectivity index (χ4v) is 6.29. The number of rotatable bonds is 9. The molecule has 1 saturated heterocycles. The molecule has 2 fully saturated rings. The zero-order chi connectivity index (χ0) is 25.7. The van der Waals surface area contributed by atoms with Crippen LogP contribution in [0, 0.1) is 5.92 Å². The van der Waals surface area contributed by atoms with Gasteiger partial charge >= 0.3 is 0 Å². The van der Waals surface area contributed by atoms with Crippen LogP contribution in [0.25, 0.3) is 0 Å². The van der Waals surface area contributed by atoms with Crippen molar-refractivity contribution in [2.75, 3.05) is 37.9 Å². The molecule has 36 heavy (non-hydrogen) atoms. The molecule has 11 heteroatoms. The molecule has 4 rings (SSSR count). The van der Waals surface area contributed by atoms with Crippen molar-refractivity contribution in [2.24, 2.45) is 5.92 Å². The van der Waals surface area contributed by atoms with Gasteiger partial charge in [0.25, 0.3) is 0 Å². The van der Waals surface area contributed by atoms with Crippen molar-refractivity contribution in [3.8, 4) is 0 Å². The van der Waals surface area contributed by atoms with Crippen LogP contribution in [0.5, 0.6) is 0 Å². The third-order valence-electron chi connectivity index (χ3n) is 6.93. The summed E-state index contributed by atoms with van der Waals surface area (Å²) in [5.41, 5.74) is 0.687. The molecule has 1 aliphatic carbocycles. The number of ether oxygens (including phenoxy) is 1. The van der Waals surface area contributed by atoms with Crippen molar-refractivity contribution in [1.82, 2.24) is 14.7 Å². The Morgan fingerprint density at radius 1 is 1.19 bits per heavy atom. The van der Waals surface area contributed by atoms with Crippen molar-refractivity contribution >= 4 is 39.1 Å². The highest BCUT2D eigenvalue weighted by Crippen LogP contribution is 2.36. The minimum atomic E-state index is -3.46. The van der Waals surface area contributed by atoms with E-state index in [1.54, 1.807) is 34.0 Å². The van der Waals surface area contributed by atoms with E-state index in [1.165, 1.54) is 6.07 Å². The zero-order valence-electron chi connectivity index (χ0n) is 20.5. The molecule has 2 heterocycles. The highest BCUT2D eigenvalue weighted by molar-refractivity contribution is 7.90. The Morgan fingerprint density at radius 3 is 2.58 bits per heavy atom. The molecule has 9 nitrogen and oxygen atoms in total. The number of carbonyl (C=O) groups excluding carboxylic acids is 2. The fourth-order valence-electron chi connectivity index (χ4n) is 4.96. The lowest BCUT2D eigenvalue weighted by Crippen LogP contribution is -2.41. The van der Waals surface area contributed by atoms with Crippen LogP contribution in [-0.2, 0) is 30.7 Å². The van der Waals surface area contributed by atoms with Gasteiger partial charge in [0.2, 0.25) is 11.8 Å². The van der Waals surface area contributed by atoms with Crippen LogP contribution in [0.1, 0.15) is 50.0 Å². The van der Waals surface area contributed by atoms with Crippen molar-refractivity contribution in [3.63, 3.8) is 0 Å². The number of hydrogen-bond acceptors (Lipinski definition) is 6. The lowest BCUT2D eigenvalue weighted by molar-refractivity contribution is -0.135. The van der Waals surface area contributed by atoms with Crippen LogP contribution >= 0.6 is 11.6 Å². The molecule has 0 bridgehead atoms. The number of morpholine rings is 1. The van der Waals surface area contributed by atoms with E-state index in [1.807, 2.05) is 0 Å². The topological polar surface area (TPSA) is 111 Å². The van der Waals surface area contributed by atoms with E-state index in [-0.39, 0.29) is 21.7 Å². The first kappa shape index (κ1) is 26.6. The SMILES string of the molecule is CS(=O)(=O)c1ccc(C(CC2CCCC2)C(=O)Nc2ccn(CCC(=O)N3CCOCC3)n2)cc1Cl. The number of carbonyl (C=O) groups is 2. The lowest BCUT2D eigenvalue weighted by Gasteiger charge is -2.26. The lowest BCUT2D eigenvalue weighted by atomic mass is 9.87. The third kappa shape index (κ3) is 6.86. The molecular weight excluding hydrogens is 504 g/mol. The second-order valence-corrected chi connectivity index (χ2v) is 12.0. The van der Waals surface area contributed by atoms with Crippen LogP contribution in [-0.4, -0.2) is 67.5 Å². The highest BCUT2D eigenvalue weighted by atomic mass is 35.5. The van der Waals surface area contributed by atoms with Gasteiger partial charge in [0.05, 0.1) is 29.0 Å². The second-order valence-electron chi connectivity index (χ2n) is 9.60. The van der Waals surface area contributed by atoms with Crippen LogP contribution in [0.3, 0.4) is 0 Å². The Hall–Kier alpha value is -2.43. The van der Waals surface area contributed by atoms with E-state index in [0.29, 0.717) is 63.0 Å². The number of nitrogens with zero attached hydrogens (tertiary/aromatic N) is 3. The van der Waals surface area contributed by atoms with E-state index in [2.05, 4.69) is 10.4 Å². The quantitative estimate of drug-likeness (QED) is 0.525. The average molecular weight is 537 g/mol. The summed E-state index contributed by atoms with van der Waals surface area (Å²) in [6.07, 6.45) is 8.29. The molecule has 1 atom stereocenters. The van der Waals surface area contributed by atoms with Gasteiger partial charge in [-0.3, -0.25) is 14.3 Å². The van der Waals surface area contributed by atoms with Gasteiger partial charge in [-0.05, 0) is 30.0 Å². The van der Waals surface area contributed by atoms with Gasteiger partial charge in [0.15, 0.2) is 15.7 Å². The molecule has 2 aliphatic rings. The maximum Gasteiger partial charge on any atom is 0.233 e. The maximum absolute atomic E-state index is 13.4. The molecule has 2 amide bonds. The summed E-state index contributed by atoms with van der Waals surface area (Å²) in [5.74, 6) is 0.212. The summed E-state index contributed by atoms with van der Waals surface area (Å²) >= 11 is 6.29. The van der Waals surface area contributed by atoms with Gasteiger partial charge in [0, 0.05) is 44.6 Å². The first-order valence-electron chi connectivity index (χ1n) is 12.4. The summed E-state index contributed by atoms with van der Waals surface area (Å²) in [7, 11) is -3.46. The molecule has 2 aromatic rings. The molecule has 196 valence electrons. The molecule has 1 unspecified atom stereocenters. The predicted octanol–water partition coefficient (Wildman–Crippen LogP) is 3.49. The van der Waals surface area contributed by atoms with Gasteiger partial charge < -0.3 is 15.0 Å². The largest absolute Gasteiger partial charge is 0.378 e. The fraction of sp³-hybridized carbons (Fsp3) is 0.560. The summed E-state index contributed by atoms with van der Waals surface area (Å²) in [6, 6.07) is 6.45. The van der Waals surface area contributed by atoms with Gasteiger partial charge in [0.1, 0.15) is 0 Å². The van der Waals surface area contributed by atoms with Gasteiger partial charge in [-0.2, -0.15) is 5.10 Å². The first-order chi connectivity index (χ1) is 17.2. The number of hydrogen-bond donors (Lipinski definition) is 1. The third-order valence-corrected chi connectivity index (χ3v) is 8.51. The summed E-state index contributed by atoms with van der Waals surface area (Å²) in [4.78, 5) is 27.6. The van der Waals surface area contributed by atoms with Crippen LogP contribution < -0.4 is 5.32 Å². The predicted molar refractivity (Wildman–Crippen MR) is 137 cm³/mol. The minimum absolute atomic E-state index is 0.0540. The Balaban J connectivity index is 1.43. The Labute approximate surface area is 217 Å². The smallest absolute Gasteiger partial charge is 0.233 e. The van der Waals surface area contributed by atoms with Crippen molar-refractivity contribution < 1.29 is 22.7 Å². The number of halogens is 1. The number of nitrogens with one attached hydrogen (secondary N) is 1. The Bertz CT molecular complexity index is 1190. The van der Waals surface area contributed by atoms with E-state index in [0.717, 1.165) is 31.9 Å². The zero-order valence-corrected chi connectivity index (χ0v) is 22.1. The number of anilines is 1. The number of sulfone groups is 1. The first-order valence-corrected chi connectivity index (χ1v) is 14.7. The minimum Gasteiger partial charge on any atom is -0.378 e. The maximum atomic E-state index is 13.4. The van der Waals surface area contributed by atoms with Crippen LogP contribution in [0.15, 0.2) is 35.4 Å². The van der Waals surface area contributed by atoms with E-state index in [4.69, 9.17) is 16.3 Å². The number of aromatic nitrogens is 2. The Morgan fingerprint density at radius 2 is 1.92 bits per heavy atom. The standard InChI is InChI=1S/C25H33ClN4O5S/c1-36(33,34)22-7-6-19(17-21(22)26)20(16-18-4-2-3-5-18)25(32)27-23-8-10-30(28-23)11-9-24(31)29-12-14-35-15-13-29/h6-8,10,17-18,20H,2-5,9,11-16H2,1H3,(H,27,28,32). The van der Waals surface area contributed by atoms with Gasteiger partial charge in [-0.1, -0.05) is 43.4 Å². The normalized spacial score (nSPS) is 17.8. The van der Waals surface area contributed by atoms with Crippen molar-refractivity contribution in [1.29, 1.82) is 0 Å². The van der Waals surface area contributed by atoms with Crippen LogP contribution in [0.2, 0.25) is 5.02 Å². The van der Waals surface area contributed by atoms with E-state index >= 15 is 0 Å². The summed E-state index contributed by atoms with van der Waals surface area (Å²) in [5, 5.41) is 7.45. The highest BCUT2D eigenvalue weighted by Gasteiger charge is 2.28. The molecule has 1 N–H and O–H groups in total. The van der Waals surface area contributed by atoms with Crippen LogP contribution in [0.4, 0.5) is 5.82 Å². The van der Waals surface area contributed by atoms with Gasteiger partial charge in [-0.25, -0.2) is 8.42 Å². The van der Waals surface area contributed by atoms with E-state index in [9.17, 15) is 18.0 Å². The molecule has 1 aliphatic heterocycles. The number of benzene rings is 1. The molecular formula is C25H33ClN4O5S. The average Bonchev–Trinajstić information content (AvgIpc) is 3.52. The number of aryl methyl sites for hydroxylation is 1. The molecule has 1 aromatic heterocycles. The molecule has 0 spiro atoms. The molecule has 1 aromatic carbocycles. The van der Waals surface area contributed by atoms with E-state index < -0.39 is 15.8 Å². The molecule has 0 radical (unpaired) electrons. The monoisotopic (exact) mass is 536 g/mol. The second kappa shape index (κ2) is 11.7. The number of amides is 2. The summed E-state index contributed by atoms with van der Waals surface area (Å²) in [6.45, 7) is 2.76. The van der Waals surface area contributed by atoms with Crippen molar-refractivity contribution in [3.05, 3.63) is 41.0 Å². The summed E-state index contributed by atoms with van der Waals surface area (Å²) < 4.78 is 30.9. The van der Waals surface area contributed by atoms with Gasteiger partial charge in [-0.15, -0.1) is 0 Å². The molecule has 1 saturated carbocycles. The Kier molecular flexibility index (Phi) is 8.69.